The highest BCUT2D eigenvalue weighted by Crippen LogP contribution is 2.25. The maximum Gasteiger partial charge on any atom is 0.247 e. The number of anilines is 2. The molecular weight excluding hydrogens is 394 g/mol. The van der Waals surface area contributed by atoms with Gasteiger partial charge in [-0.05, 0) is 19.4 Å². The molecule has 1 aliphatic heterocycles. The molecule has 2 aromatic rings. The maximum absolute atomic E-state index is 12.6. The Kier molecular flexibility index (Phi) is 6.53. The summed E-state index contributed by atoms with van der Waals surface area (Å²) in [4.78, 5) is 21.2. The number of aromatic nitrogens is 2. The second-order valence-corrected chi connectivity index (χ2v) is 6.61. The smallest absolute Gasteiger partial charge is 0.247 e. The fourth-order valence-electron chi connectivity index (χ4n) is 2.62. The molecule has 3 rings (SSSR count). The van der Waals surface area contributed by atoms with Crippen LogP contribution in [0.4, 0.5) is 11.8 Å². The second kappa shape index (κ2) is 9.26. The molecule has 0 bridgehead atoms. The van der Waals surface area contributed by atoms with Crippen molar-refractivity contribution in [3.05, 3.63) is 71.4 Å². The van der Waals surface area contributed by atoms with E-state index in [-0.39, 0.29) is 16.9 Å². The number of carbonyl (C=O) groups excluding carboxylic acids is 1. The molecule has 9 nitrogen and oxygen atoms in total. The van der Waals surface area contributed by atoms with Crippen LogP contribution in [0.1, 0.15) is 25.5 Å². The Labute approximate surface area is 173 Å². The van der Waals surface area contributed by atoms with Gasteiger partial charge in [0.15, 0.2) is 5.82 Å². The van der Waals surface area contributed by atoms with E-state index in [0.717, 1.165) is 10.6 Å². The van der Waals surface area contributed by atoms with E-state index in [1.807, 2.05) is 37.3 Å². The Bertz CT molecular complexity index is 920. The monoisotopic (exact) mass is 415 g/mol. The normalized spacial score (nSPS) is 14.3. The van der Waals surface area contributed by atoms with Crippen LogP contribution in [0, 0.1) is 0 Å². The minimum Gasteiger partial charge on any atom is -0.354 e. The molecule has 0 fully saturated rings. The Hall–Kier alpha value is -3.30. The van der Waals surface area contributed by atoms with Crippen LogP contribution in [-0.4, -0.2) is 37.7 Å². The SMILES string of the molecule is CCNC(=O)[C@@H](Nc1nc(NN2C=CN(O)C(C)=C2)ncc1Cl)c1ccccc1. The van der Waals surface area contributed by atoms with Crippen molar-refractivity contribution < 1.29 is 10.0 Å². The van der Waals surface area contributed by atoms with Crippen LogP contribution in [0.25, 0.3) is 0 Å². The standard InChI is InChI=1S/C19H22ClN7O2/c1-3-21-18(28)16(14-7-5-4-6-8-14)23-17-15(20)11-22-19(24-17)25-26-9-10-27(29)13(2)12-26/h4-12,16,29H,3H2,1-2H3,(H,21,28)(H2,22,23,24,25)/t16-/m0/s1. The van der Waals surface area contributed by atoms with Crippen LogP contribution in [0.5, 0.6) is 0 Å². The maximum atomic E-state index is 12.6. The Morgan fingerprint density at radius 2 is 2.03 bits per heavy atom. The van der Waals surface area contributed by atoms with Crippen LogP contribution in [0.2, 0.25) is 5.02 Å². The average Bonchev–Trinajstić information content (AvgIpc) is 2.72. The number of benzene rings is 1. The van der Waals surface area contributed by atoms with Gasteiger partial charge in [0.2, 0.25) is 11.9 Å². The molecule has 2 heterocycles. The number of rotatable bonds is 7. The van der Waals surface area contributed by atoms with E-state index >= 15 is 0 Å². The van der Waals surface area contributed by atoms with E-state index in [4.69, 9.17) is 11.6 Å². The third kappa shape index (κ3) is 5.15. The van der Waals surface area contributed by atoms with Crippen molar-refractivity contribution >= 4 is 29.3 Å². The molecule has 10 heteroatoms. The van der Waals surface area contributed by atoms with Crippen molar-refractivity contribution in [1.82, 2.24) is 25.4 Å². The molecule has 1 atom stereocenters. The molecule has 0 saturated carbocycles. The van der Waals surface area contributed by atoms with E-state index in [0.29, 0.717) is 18.1 Å². The molecule has 0 aliphatic carbocycles. The van der Waals surface area contributed by atoms with Gasteiger partial charge >= 0.3 is 0 Å². The Balaban J connectivity index is 1.82. The van der Waals surface area contributed by atoms with Crippen LogP contribution in [-0.2, 0) is 4.79 Å². The lowest BCUT2D eigenvalue weighted by Crippen LogP contribution is -2.33. The Morgan fingerprint density at radius 1 is 1.28 bits per heavy atom. The van der Waals surface area contributed by atoms with E-state index in [9.17, 15) is 10.0 Å². The van der Waals surface area contributed by atoms with E-state index in [2.05, 4.69) is 26.0 Å². The number of hydrazine groups is 1. The molecule has 0 unspecified atom stereocenters. The number of hydroxylamine groups is 2. The number of carbonyl (C=O) groups is 1. The van der Waals surface area contributed by atoms with Crippen molar-refractivity contribution in [2.45, 2.75) is 19.9 Å². The number of hydrogen-bond donors (Lipinski definition) is 4. The zero-order valence-corrected chi connectivity index (χ0v) is 16.8. The van der Waals surface area contributed by atoms with Crippen molar-refractivity contribution in [3.63, 3.8) is 0 Å². The number of hydrogen-bond acceptors (Lipinski definition) is 8. The largest absolute Gasteiger partial charge is 0.354 e. The van der Waals surface area contributed by atoms with Gasteiger partial charge in [0.25, 0.3) is 0 Å². The molecule has 1 aromatic carbocycles. The lowest BCUT2D eigenvalue weighted by molar-refractivity contribution is -0.121. The van der Waals surface area contributed by atoms with Crippen molar-refractivity contribution in [2.24, 2.45) is 0 Å². The lowest BCUT2D eigenvalue weighted by Gasteiger charge is -2.25. The average molecular weight is 416 g/mol. The van der Waals surface area contributed by atoms with Gasteiger partial charge < -0.3 is 10.6 Å². The molecular formula is C19H22ClN7O2. The fourth-order valence-corrected chi connectivity index (χ4v) is 2.77. The molecule has 1 aliphatic rings. The predicted molar refractivity (Wildman–Crippen MR) is 111 cm³/mol. The molecule has 152 valence electrons. The molecule has 1 aromatic heterocycles. The molecule has 1 amide bonds. The van der Waals surface area contributed by atoms with Gasteiger partial charge in [-0.15, -0.1) is 0 Å². The highest BCUT2D eigenvalue weighted by Gasteiger charge is 2.22. The zero-order valence-electron chi connectivity index (χ0n) is 16.0. The third-order valence-electron chi connectivity index (χ3n) is 4.06. The summed E-state index contributed by atoms with van der Waals surface area (Å²) in [5.74, 6) is 0.387. The van der Waals surface area contributed by atoms with E-state index < -0.39 is 6.04 Å². The molecule has 0 saturated heterocycles. The predicted octanol–water partition coefficient (Wildman–Crippen LogP) is 3.09. The number of allylic oxidation sites excluding steroid dienone is 1. The van der Waals surface area contributed by atoms with Crippen LogP contribution in [0.3, 0.4) is 0 Å². The van der Waals surface area contributed by atoms with Gasteiger partial charge in [0, 0.05) is 18.9 Å². The van der Waals surface area contributed by atoms with Crippen molar-refractivity contribution in [1.29, 1.82) is 0 Å². The first-order valence-electron chi connectivity index (χ1n) is 8.99. The Morgan fingerprint density at radius 3 is 2.72 bits per heavy atom. The number of likely N-dealkylation sites (N-methyl/N-ethyl adjacent to an activating group) is 1. The van der Waals surface area contributed by atoms with Gasteiger partial charge in [0.1, 0.15) is 11.1 Å². The van der Waals surface area contributed by atoms with Gasteiger partial charge in [-0.1, -0.05) is 41.9 Å². The number of halogens is 1. The van der Waals surface area contributed by atoms with Crippen LogP contribution >= 0.6 is 11.6 Å². The first-order valence-corrected chi connectivity index (χ1v) is 9.37. The molecule has 0 radical (unpaired) electrons. The molecule has 0 spiro atoms. The summed E-state index contributed by atoms with van der Waals surface area (Å²) in [6.07, 6.45) is 6.17. The quantitative estimate of drug-likeness (QED) is 0.546. The summed E-state index contributed by atoms with van der Waals surface area (Å²) >= 11 is 6.27. The lowest BCUT2D eigenvalue weighted by atomic mass is 10.1. The summed E-state index contributed by atoms with van der Waals surface area (Å²) in [6, 6.07) is 8.64. The van der Waals surface area contributed by atoms with Gasteiger partial charge in [-0.2, -0.15) is 4.98 Å². The van der Waals surface area contributed by atoms with Crippen LogP contribution in [0.15, 0.2) is 60.8 Å². The highest BCUT2D eigenvalue weighted by atomic mass is 35.5. The van der Waals surface area contributed by atoms with Gasteiger partial charge in [-0.25, -0.2) is 10.0 Å². The summed E-state index contributed by atoms with van der Waals surface area (Å²) in [5.41, 5.74) is 4.36. The summed E-state index contributed by atoms with van der Waals surface area (Å²) < 4.78 is 0. The summed E-state index contributed by atoms with van der Waals surface area (Å²) in [7, 11) is 0. The van der Waals surface area contributed by atoms with E-state index in [1.54, 1.807) is 24.3 Å². The first-order chi connectivity index (χ1) is 14.0. The summed E-state index contributed by atoms with van der Waals surface area (Å²) in [6.45, 7) is 4.10. The number of amides is 1. The van der Waals surface area contributed by atoms with Crippen molar-refractivity contribution in [2.75, 3.05) is 17.3 Å². The van der Waals surface area contributed by atoms with Crippen LogP contribution < -0.4 is 16.1 Å². The zero-order chi connectivity index (χ0) is 20.8. The topological polar surface area (TPSA) is 106 Å². The van der Waals surface area contributed by atoms with Gasteiger partial charge in [0.05, 0.1) is 18.1 Å². The minimum atomic E-state index is -0.670. The van der Waals surface area contributed by atoms with Crippen molar-refractivity contribution in [3.8, 4) is 0 Å². The number of nitrogens with one attached hydrogen (secondary N) is 3. The third-order valence-corrected chi connectivity index (χ3v) is 4.33. The summed E-state index contributed by atoms with van der Waals surface area (Å²) in [5, 5.41) is 18.4. The second-order valence-electron chi connectivity index (χ2n) is 6.21. The molecule has 29 heavy (non-hydrogen) atoms. The number of nitrogens with zero attached hydrogens (tertiary/aromatic N) is 4. The minimum absolute atomic E-state index is 0.191. The fraction of sp³-hybridized carbons (Fsp3) is 0.211. The van der Waals surface area contributed by atoms with Gasteiger partial charge in [-0.3, -0.25) is 20.4 Å². The first kappa shape index (κ1) is 20.4. The molecule has 4 N–H and O–H groups in total. The van der Waals surface area contributed by atoms with E-state index in [1.165, 1.54) is 12.4 Å². The highest BCUT2D eigenvalue weighted by molar-refractivity contribution is 6.32.